The first-order chi connectivity index (χ1) is 6.56. The minimum Gasteiger partial charge on any atom is -0.387 e. The van der Waals surface area contributed by atoms with Gasteiger partial charge in [0.15, 0.2) is 0 Å². The lowest BCUT2D eigenvalue weighted by atomic mass is 9.92. The van der Waals surface area contributed by atoms with Gasteiger partial charge in [0.05, 0.1) is 12.2 Å². The minimum absolute atomic E-state index is 0.475. The molecule has 0 unspecified atom stereocenters. The number of piperidine rings is 1. The van der Waals surface area contributed by atoms with Gasteiger partial charge in [0, 0.05) is 26.7 Å². The SMILES string of the molecule is COCC1(O)CCN(CC(C)C)CC1. The summed E-state index contributed by atoms with van der Waals surface area (Å²) in [7, 11) is 1.65. The van der Waals surface area contributed by atoms with E-state index in [4.69, 9.17) is 4.74 Å². The third kappa shape index (κ3) is 3.56. The Labute approximate surface area is 87.1 Å². The van der Waals surface area contributed by atoms with E-state index in [-0.39, 0.29) is 0 Å². The predicted molar refractivity (Wildman–Crippen MR) is 57.3 cm³/mol. The van der Waals surface area contributed by atoms with Gasteiger partial charge >= 0.3 is 0 Å². The molecule has 3 heteroatoms. The van der Waals surface area contributed by atoms with E-state index in [1.165, 1.54) is 0 Å². The van der Waals surface area contributed by atoms with E-state index in [2.05, 4.69) is 18.7 Å². The highest BCUT2D eigenvalue weighted by atomic mass is 16.5. The van der Waals surface area contributed by atoms with Gasteiger partial charge in [-0.05, 0) is 18.8 Å². The molecule has 0 saturated carbocycles. The summed E-state index contributed by atoms with van der Waals surface area (Å²) in [6.45, 7) is 8.08. The molecule has 1 aliphatic heterocycles. The first kappa shape index (κ1) is 12.0. The molecule has 0 spiro atoms. The highest BCUT2D eigenvalue weighted by Gasteiger charge is 2.32. The Morgan fingerprint density at radius 2 is 1.93 bits per heavy atom. The van der Waals surface area contributed by atoms with Gasteiger partial charge in [-0.1, -0.05) is 13.8 Å². The van der Waals surface area contributed by atoms with Crippen LogP contribution < -0.4 is 0 Å². The molecule has 0 aromatic heterocycles. The topological polar surface area (TPSA) is 32.7 Å². The normalized spacial score (nSPS) is 22.9. The van der Waals surface area contributed by atoms with Crippen molar-refractivity contribution in [2.75, 3.05) is 33.4 Å². The number of ether oxygens (including phenoxy) is 1. The van der Waals surface area contributed by atoms with Gasteiger partial charge in [0.2, 0.25) is 0 Å². The molecule has 0 atom stereocenters. The van der Waals surface area contributed by atoms with Crippen LogP contribution >= 0.6 is 0 Å². The lowest BCUT2D eigenvalue weighted by Gasteiger charge is -2.38. The average molecular weight is 201 g/mol. The number of hydrogen-bond donors (Lipinski definition) is 1. The summed E-state index contributed by atoms with van der Waals surface area (Å²) in [6, 6.07) is 0. The molecule has 1 N–H and O–H groups in total. The van der Waals surface area contributed by atoms with Crippen molar-refractivity contribution in [3.8, 4) is 0 Å². The van der Waals surface area contributed by atoms with Gasteiger partial charge in [-0.15, -0.1) is 0 Å². The van der Waals surface area contributed by atoms with Crippen LogP contribution in [0.2, 0.25) is 0 Å². The molecule has 1 aliphatic rings. The van der Waals surface area contributed by atoms with Crippen molar-refractivity contribution in [1.82, 2.24) is 4.90 Å². The summed E-state index contributed by atoms with van der Waals surface area (Å²) in [5.41, 5.74) is -0.567. The molecule has 0 aromatic rings. The Bertz CT molecular complexity index is 163. The van der Waals surface area contributed by atoms with Crippen LogP contribution in [0.15, 0.2) is 0 Å². The quantitative estimate of drug-likeness (QED) is 0.739. The zero-order valence-corrected chi connectivity index (χ0v) is 9.62. The Hall–Kier alpha value is -0.120. The standard InChI is InChI=1S/C11H23NO2/c1-10(2)8-12-6-4-11(13,5-7-12)9-14-3/h10,13H,4-9H2,1-3H3. The minimum atomic E-state index is -0.567. The zero-order chi connectivity index (χ0) is 10.6. The monoisotopic (exact) mass is 201 g/mol. The molecule has 0 radical (unpaired) electrons. The first-order valence-electron chi connectivity index (χ1n) is 5.49. The van der Waals surface area contributed by atoms with Gasteiger partial charge in [0.25, 0.3) is 0 Å². The molecule has 0 amide bonds. The Balaban J connectivity index is 2.30. The zero-order valence-electron chi connectivity index (χ0n) is 9.62. The molecule has 14 heavy (non-hydrogen) atoms. The van der Waals surface area contributed by atoms with Crippen molar-refractivity contribution in [2.24, 2.45) is 5.92 Å². The van der Waals surface area contributed by atoms with E-state index in [0.717, 1.165) is 32.5 Å². The van der Waals surface area contributed by atoms with Crippen LogP contribution in [0.1, 0.15) is 26.7 Å². The summed E-state index contributed by atoms with van der Waals surface area (Å²) >= 11 is 0. The van der Waals surface area contributed by atoms with Crippen LogP contribution in [0.4, 0.5) is 0 Å². The maximum absolute atomic E-state index is 10.1. The molecule has 1 saturated heterocycles. The van der Waals surface area contributed by atoms with Crippen molar-refractivity contribution in [2.45, 2.75) is 32.3 Å². The highest BCUT2D eigenvalue weighted by molar-refractivity contribution is 4.85. The van der Waals surface area contributed by atoms with E-state index in [1.54, 1.807) is 7.11 Å². The second-order valence-electron chi connectivity index (χ2n) is 4.85. The van der Waals surface area contributed by atoms with E-state index in [9.17, 15) is 5.11 Å². The maximum atomic E-state index is 10.1. The molecule has 0 aliphatic carbocycles. The van der Waals surface area contributed by atoms with E-state index in [0.29, 0.717) is 12.5 Å². The lowest BCUT2D eigenvalue weighted by molar-refractivity contribution is -0.0718. The third-order valence-electron chi connectivity index (χ3n) is 2.82. The van der Waals surface area contributed by atoms with Crippen molar-refractivity contribution < 1.29 is 9.84 Å². The number of rotatable bonds is 4. The van der Waals surface area contributed by atoms with E-state index >= 15 is 0 Å². The number of hydrogen-bond acceptors (Lipinski definition) is 3. The predicted octanol–water partition coefficient (Wildman–Crippen LogP) is 1.12. The molecule has 0 aromatic carbocycles. The first-order valence-corrected chi connectivity index (χ1v) is 5.49. The summed E-state index contributed by atoms with van der Waals surface area (Å²) in [6.07, 6.45) is 1.68. The molecule has 3 nitrogen and oxygen atoms in total. The number of methoxy groups -OCH3 is 1. The highest BCUT2D eigenvalue weighted by Crippen LogP contribution is 2.22. The van der Waals surface area contributed by atoms with Gasteiger partial charge < -0.3 is 14.7 Å². The molecule has 1 fully saturated rings. The molecular weight excluding hydrogens is 178 g/mol. The summed E-state index contributed by atoms with van der Waals surface area (Å²) in [5, 5.41) is 10.1. The van der Waals surface area contributed by atoms with Gasteiger partial charge in [-0.3, -0.25) is 0 Å². The molecule has 84 valence electrons. The fraction of sp³-hybridized carbons (Fsp3) is 1.00. The smallest absolute Gasteiger partial charge is 0.0904 e. The van der Waals surface area contributed by atoms with Crippen molar-refractivity contribution in [3.63, 3.8) is 0 Å². The Morgan fingerprint density at radius 3 is 2.36 bits per heavy atom. The van der Waals surface area contributed by atoms with Crippen molar-refractivity contribution in [3.05, 3.63) is 0 Å². The Kier molecular flexibility index (Phi) is 4.35. The summed E-state index contributed by atoms with van der Waals surface area (Å²) < 4.78 is 5.03. The molecule has 1 heterocycles. The van der Waals surface area contributed by atoms with Crippen LogP contribution in [-0.2, 0) is 4.74 Å². The maximum Gasteiger partial charge on any atom is 0.0904 e. The number of aliphatic hydroxyl groups is 1. The largest absolute Gasteiger partial charge is 0.387 e. The van der Waals surface area contributed by atoms with Crippen LogP contribution in [-0.4, -0.2) is 49.0 Å². The van der Waals surface area contributed by atoms with Crippen molar-refractivity contribution >= 4 is 0 Å². The lowest BCUT2D eigenvalue weighted by Crippen LogP contribution is -2.47. The van der Waals surface area contributed by atoms with E-state index in [1.807, 2.05) is 0 Å². The van der Waals surface area contributed by atoms with Crippen LogP contribution in [0.5, 0.6) is 0 Å². The summed E-state index contributed by atoms with van der Waals surface area (Å²) in [4.78, 5) is 2.43. The van der Waals surface area contributed by atoms with Gasteiger partial charge in [-0.2, -0.15) is 0 Å². The van der Waals surface area contributed by atoms with Crippen LogP contribution in [0, 0.1) is 5.92 Å². The average Bonchev–Trinajstić information content (AvgIpc) is 2.09. The van der Waals surface area contributed by atoms with Crippen LogP contribution in [0.3, 0.4) is 0 Å². The van der Waals surface area contributed by atoms with E-state index < -0.39 is 5.60 Å². The van der Waals surface area contributed by atoms with Gasteiger partial charge in [-0.25, -0.2) is 0 Å². The second kappa shape index (κ2) is 5.10. The molecular formula is C11H23NO2. The second-order valence-corrected chi connectivity index (χ2v) is 4.85. The third-order valence-corrected chi connectivity index (χ3v) is 2.82. The van der Waals surface area contributed by atoms with Gasteiger partial charge in [0.1, 0.15) is 0 Å². The fourth-order valence-electron chi connectivity index (χ4n) is 2.08. The number of likely N-dealkylation sites (tertiary alicyclic amines) is 1. The summed E-state index contributed by atoms with van der Waals surface area (Å²) in [5.74, 6) is 0.712. The Morgan fingerprint density at radius 1 is 1.36 bits per heavy atom. The molecule has 0 bridgehead atoms. The van der Waals surface area contributed by atoms with Crippen molar-refractivity contribution in [1.29, 1.82) is 0 Å². The fourth-order valence-corrected chi connectivity index (χ4v) is 2.08. The van der Waals surface area contributed by atoms with Crippen LogP contribution in [0.25, 0.3) is 0 Å². The molecule has 1 rings (SSSR count). The number of nitrogens with zero attached hydrogens (tertiary/aromatic N) is 1.